The van der Waals surface area contributed by atoms with Crippen molar-refractivity contribution in [2.75, 3.05) is 0 Å². The number of allylic oxidation sites excluding steroid dienone is 1. The summed E-state index contributed by atoms with van der Waals surface area (Å²) in [4.78, 5) is 11.8. The van der Waals surface area contributed by atoms with E-state index in [1.165, 1.54) is 18.2 Å². The first-order chi connectivity index (χ1) is 9.47. The first-order valence-electron chi connectivity index (χ1n) is 5.63. The zero-order valence-corrected chi connectivity index (χ0v) is 10.9. The Bertz CT molecular complexity index is 696. The van der Waals surface area contributed by atoms with Crippen LogP contribution in [0, 0.1) is 11.6 Å². The Labute approximate surface area is 118 Å². The Kier molecular flexibility index (Phi) is 4.15. The maximum absolute atomic E-state index is 13.4. The highest BCUT2D eigenvalue weighted by Gasteiger charge is 2.09. The second-order valence-corrected chi connectivity index (χ2v) is 4.44. The van der Waals surface area contributed by atoms with Crippen LogP contribution in [0.3, 0.4) is 0 Å². The normalized spacial score (nSPS) is 10.9. The Balaban J connectivity index is 2.22. The number of ketones is 1. The van der Waals surface area contributed by atoms with Gasteiger partial charge in [0.15, 0.2) is 5.78 Å². The zero-order valence-electron chi connectivity index (χ0n) is 10.1. The van der Waals surface area contributed by atoms with E-state index in [0.29, 0.717) is 11.6 Å². The molecule has 0 heterocycles. The number of hydrogen-bond acceptors (Lipinski definition) is 2. The van der Waals surface area contributed by atoms with E-state index in [2.05, 4.69) is 0 Å². The maximum atomic E-state index is 13.4. The summed E-state index contributed by atoms with van der Waals surface area (Å²) < 4.78 is 26.1. The lowest BCUT2D eigenvalue weighted by atomic mass is 10.1. The molecule has 2 nitrogen and oxygen atoms in total. The smallest absolute Gasteiger partial charge is 0.188 e. The number of carbonyl (C=O) groups excluding carboxylic acids is 1. The second-order valence-electron chi connectivity index (χ2n) is 4.03. The van der Waals surface area contributed by atoms with Crippen molar-refractivity contribution in [1.29, 1.82) is 0 Å². The number of phenolic OH excluding ortho intramolecular Hbond substituents is 1. The molecular formula is C15H9ClF2O2. The van der Waals surface area contributed by atoms with Crippen molar-refractivity contribution in [2.24, 2.45) is 0 Å². The summed E-state index contributed by atoms with van der Waals surface area (Å²) in [6, 6.07) is 7.14. The van der Waals surface area contributed by atoms with Gasteiger partial charge in [0.2, 0.25) is 0 Å². The van der Waals surface area contributed by atoms with Gasteiger partial charge in [-0.3, -0.25) is 4.79 Å². The molecular weight excluding hydrogens is 286 g/mol. The van der Waals surface area contributed by atoms with Gasteiger partial charge in [-0.15, -0.1) is 0 Å². The summed E-state index contributed by atoms with van der Waals surface area (Å²) in [5.41, 5.74) is 0.358. The number of carbonyl (C=O) groups is 1. The second kappa shape index (κ2) is 5.84. The summed E-state index contributed by atoms with van der Waals surface area (Å²) in [7, 11) is 0. The van der Waals surface area contributed by atoms with Gasteiger partial charge in [0.05, 0.1) is 10.6 Å². The third kappa shape index (κ3) is 3.22. The fourth-order valence-electron chi connectivity index (χ4n) is 1.58. The van der Waals surface area contributed by atoms with Crippen LogP contribution in [0.5, 0.6) is 5.75 Å². The molecule has 5 heteroatoms. The van der Waals surface area contributed by atoms with E-state index in [1.807, 2.05) is 0 Å². The lowest BCUT2D eigenvalue weighted by molar-refractivity contribution is 0.104. The molecule has 0 aliphatic heterocycles. The molecule has 0 saturated heterocycles. The summed E-state index contributed by atoms with van der Waals surface area (Å²) in [5.74, 6) is -2.32. The molecule has 0 aliphatic carbocycles. The van der Waals surface area contributed by atoms with Crippen LogP contribution >= 0.6 is 11.6 Å². The van der Waals surface area contributed by atoms with Crippen molar-refractivity contribution < 1.29 is 18.7 Å². The third-order valence-electron chi connectivity index (χ3n) is 2.60. The minimum atomic E-state index is -0.914. The number of aromatic hydroxyl groups is 1. The van der Waals surface area contributed by atoms with Gasteiger partial charge in [0.1, 0.15) is 17.4 Å². The van der Waals surface area contributed by atoms with Crippen molar-refractivity contribution in [3.05, 3.63) is 70.3 Å². The van der Waals surface area contributed by atoms with Crippen molar-refractivity contribution in [3.8, 4) is 5.75 Å². The Morgan fingerprint density at radius 2 is 1.90 bits per heavy atom. The predicted molar refractivity (Wildman–Crippen MR) is 72.8 cm³/mol. The van der Waals surface area contributed by atoms with Crippen LogP contribution in [0.4, 0.5) is 8.78 Å². The Morgan fingerprint density at radius 3 is 2.55 bits per heavy atom. The van der Waals surface area contributed by atoms with Crippen LogP contribution in [0.15, 0.2) is 42.5 Å². The van der Waals surface area contributed by atoms with E-state index in [0.717, 1.165) is 18.2 Å². The van der Waals surface area contributed by atoms with Crippen molar-refractivity contribution in [2.45, 2.75) is 0 Å². The van der Waals surface area contributed by atoms with Crippen molar-refractivity contribution in [1.82, 2.24) is 0 Å². The van der Waals surface area contributed by atoms with Crippen LogP contribution in [0.1, 0.15) is 15.9 Å². The van der Waals surface area contributed by atoms with Crippen LogP contribution in [0.25, 0.3) is 6.08 Å². The standard InChI is InChI=1S/C15H9ClF2O2/c16-12-7-9(2-6-15(12)20)1-5-14(19)11-4-3-10(17)8-13(11)18/h1-8,20H/b5-1+. The maximum Gasteiger partial charge on any atom is 0.188 e. The van der Waals surface area contributed by atoms with E-state index in [-0.39, 0.29) is 16.3 Å². The molecule has 2 aromatic carbocycles. The number of phenols is 1. The van der Waals surface area contributed by atoms with Crippen LogP contribution in [-0.2, 0) is 0 Å². The number of rotatable bonds is 3. The molecule has 2 rings (SSSR count). The monoisotopic (exact) mass is 294 g/mol. The molecule has 102 valence electrons. The SMILES string of the molecule is O=C(/C=C/c1ccc(O)c(Cl)c1)c1ccc(F)cc1F. The number of hydrogen-bond donors (Lipinski definition) is 1. The average molecular weight is 295 g/mol. The van der Waals surface area contributed by atoms with Crippen molar-refractivity contribution in [3.63, 3.8) is 0 Å². The first kappa shape index (κ1) is 14.2. The fourth-order valence-corrected chi connectivity index (χ4v) is 1.77. The molecule has 0 spiro atoms. The molecule has 0 bridgehead atoms. The van der Waals surface area contributed by atoms with E-state index in [4.69, 9.17) is 11.6 Å². The molecule has 0 fully saturated rings. The van der Waals surface area contributed by atoms with Gasteiger partial charge in [0.25, 0.3) is 0 Å². The highest BCUT2D eigenvalue weighted by Crippen LogP contribution is 2.24. The van der Waals surface area contributed by atoms with E-state index >= 15 is 0 Å². The van der Waals surface area contributed by atoms with Gasteiger partial charge >= 0.3 is 0 Å². The molecule has 0 atom stereocenters. The first-order valence-corrected chi connectivity index (χ1v) is 6.01. The number of halogens is 3. The minimum Gasteiger partial charge on any atom is -0.506 e. The fraction of sp³-hybridized carbons (Fsp3) is 0. The van der Waals surface area contributed by atoms with Crippen LogP contribution in [0.2, 0.25) is 5.02 Å². The molecule has 0 amide bonds. The number of benzene rings is 2. The quantitative estimate of drug-likeness (QED) is 0.680. The van der Waals surface area contributed by atoms with Crippen molar-refractivity contribution >= 4 is 23.5 Å². The molecule has 0 radical (unpaired) electrons. The predicted octanol–water partition coefficient (Wildman–Crippen LogP) is 4.22. The molecule has 20 heavy (non-hydrogen) atoms. The summed E-state index contributed by atoms with van der Waals surface area (Å²) in [5, 5.41) is 9.40. The molecule has 2 aromatic rings. The molecule has 0 unspecified atom stereocenters. The van der Waals surface area contributed by atoms with Crippen LogP contribution in [-0.4, -0.2) is 10.9 Å². The topological polar surface area (TPSA) is 37.3 Å². The molecule has 0 aliphatic rings. The van der Waals surface area contributed by atoms with E-state index < -0.39 is 17.4 Å². The van der Waals surface area contributed by atoms with Gasteiger partial charge < -0.3 is 5.11 Å². The minimum absolute atomic E-state index is 0.0697. The van der Waals surface area contributed by atoms with Gasteiger partial charge in [-0.05, 0) is 35.9 Å². The highest BCUT2D eigenvalue weighted by molar-refractivity contribution is 6.32. The summed E-state index contributed by atoms with van der Waals surface area (Å²) >= 11 is 5.72. The summed E-state index contributed by atoms with van der Waals surface area (Å²) in [6.45, 7) is 0. The zero-order chi connectivity index (χ0) is 14.7. The molecule has 0 aromatic heterocycles. The van der Waals surface area contributed by atoms with Gasteiger partial charge in [-0.25, -0.2) is 8.78 Å². The lowest BCUT2D eigenvalue weighted by Gasteiger charge is -2.00. The highest BCUT2D eigenvalue weighted by atomic mass is 35.5. The lowest BCUT2D eigenvalue weighted by Crippen LogP contribution is -1.99. The van der Waals surface area contributed by atoms with Crippen LogP contribution < -0.4 is 0 Å². The van der Waals surface area contributed by atoms with E-state index in [9.17, 15) is 18.7 Å². The van der Waals surface area contributed by atoms with Gasteiger partial charge in [-0.1, -0.05) is 23.7 Å². The third-order valence-corrected chi connectivity index (χ3v) is 2.90. The molecule has 0 saturated carbocycles. The summed E-state index contributed by atoms with van der Waals surface area (Å²) in [6.07, 6.45) is 2.58. The Morgan fingerprint density at radius 1 is 1.15 bits per heavy atom. The average Bonchev–Trinajstić information content (AvgIpc) is 2.40. The van der Waals surface area contributed by atoms with Gasteiger partial charge in [0, 0.05) is 6.07 Å². The Hall–Kier alpha value is -2.20. The molecule has 1 N–H and O–H groups in total. The van der Waals surface area contributed by atoms with Gasteiger partial charge in [-0.2, -0.15) is 0 Å². The van der Waals surface area contributed by atoms with E-state index in [1.54, 1.807) is 6.07 Å². The largest absolute Gasteiger partial charge is 0.506 e.